The van der Waals surface area contributed by atoms with Crippen LogP contribution in [0.5, 0.6) is 0 Å². The summed E-state index contributed by atoms with van der Waals surface area (Å²) in [4.78, 5) is 11.9. The topological polar surface area (TPSA) is 41.1 Å². The molecule has 0 saturated carbocycles. The number of hydrogen-bond donors (Lipinski definition) is 2. The van der Waals surface area contributed by atoms with Crippen LogP contribution >= 0.6 is 0 Å². The highest BCUT2D eigenvalue weighted by Gasteiger charge is 2.15. The van der Waals surface area contributed by atoms with E-state index in [1.807, 2.05) is 37.3 Å². The van der Waals surface area contributed by atoms with E-state index in [1.165, 1.54) is 0 Å². The van der Waals surface area contributed by atoms with Crippen molar-refractivity contribution in [1.29, 1.82) is 0 Å². The maximum atomic E-state index is 11.9. The lowest BCUT2D eigenvalue weighted by Crippen LogP contribution is -2.14. The molecule has 3 rings (SSSR count). The molecule has 122 valence electrons. The third kappa shape index (κ3) is 3.74. The van der Waals surface area contributed by atoms with Crippen molar-refractivity contribution in [3.63, 3.8) is 0 Å². The third-order valence-corrected chi connectivity index (χ3v) is 4.02. The number of benzene rings is 2. The highest BCUT2D eigenvalue weighted by atomic mass is 16.1. The first-order valence-corrected chi connectivity index (χ1v) is 8.38. The van der Waals surface area contributed by atoms with Crippen LogP contribution in [0.25, 0.3) is 17.8 Å². The van der Waals surface area contributed by atoms with Gasteiger partial charge in [0.25, 0.3) is 0 Å². The number of carbonyl (C=O) groups excluding carboxylic acids is 1. The zero-order valence-corrected chi connectivity index (χ0v) is 13.9. The fourth-order valence-electron chi connectivity index (χ4n) is 2.79. The monoisotopic (exact) mass is 318 g/mol. The molecule has 2 aromatic rings. The van der Waals surface area contributed by atoms with Crippen molar-refractivity contribution in [1.82, 2.24) is 5.32 Å². The summed E-state index contributed by atoms with van der Waals surface area (Å²) in [5.41, 5.74) is 5.25. The van der Waals surface area contributed by atoms with Crippen molar-refractivity contribution >= 4 is 29.4 Å². The van der Waals surface area contributed by atoms with Crippen LogP contribution < -0.4 is 10.6 Å². The number of anilines is 1. The predicted octanol–water partition coefficient (Wildman–Crippen LogP) is 4.54. The Hall–Kier alpha value is -2.81. The lowest BCUT2D eigenvalue weighted by Gasteiger charge is -2.15. The van der Waals surface area contributed by atoms with Crippen molar-refractivity contribution < 1.29 is 4.79 Å². The van der Waals surface area contributed by atoms with Gasteiger partial charge in [-0.2, -0.15) is 0 Å². The van der Waals surface area contributed by atoms with E-state index >= 15 is 0 Å². The second-order valence-corrected chi connectivity index (χ2v) is 5.75. The number of hydrogen-bond acceptors (Lipinski definition) is 2. The average molecular weight is 318 g/mol. The number of amides is 1. The highest BCUT2D eigenvalue weighted by molar-refractivity contribution is 5.96. The Morgan fingerprint density at radius 3 is 2.67 bits per heavy atom. The molecule has 1 heterocycles. The summed E-state index contributed by atoms with van der Waals surface area (Å²) in [7, 11) is 0. The average Bonchev–Trinajstić information content (AvgIpc) is 3.15. The van der Waals surface area contributed by atoms with Crippen LogP contribution in [-0.4, -0.2) is 12.5 Å². The van der Waals surface area contributed by atoms with Gasteiger partial charge >= 0.3 is 0 Å². The normalized spacial score (nSPS) is 13.6. The van der Waals surface area contributed by atoms with Gasteiger partial charge in [0.1, 0.15) is 0 Å². The van der Waals surface area contributed by atoms with Crippen LogP contribution in [0.1, 0.15) is 36.5 Å². The lowest BCUT2D eigenvalue weighted by atomic mass is 10.0. The minimum Gasteiger partial charge on any atom is -0.384 e. The van der Waals surface area contributed by atoms with Crippen LogP contribution in [0.3, 0.4) is 0 Å². The van der Waals surface area contributed by atoms with Gasteiger partial charge in [-0.05, 0) is 23.6 Å². The number of carbonyl (C=O) groups is 1. The molecule has 1 aliphatic heterocycles. The van der Waals surface area contributed by atoms with Crippen molar-refractivity contribution in [2.24, 2.45) is 0 Å². The molecule has 0 unspecified atom stereocenters. The summed E-state index contributed by atoms with van der Waals surface area (Å²) < 4.78 is 0. The van der Waals surface area contributed by atoms with Gasteiger partial charge in [0.05, 0.1) is 5.69 Å². The minimum absolute atomic E-state index is 0.0269. The van der Waals surface area contributed by atoms with Crippen molar-refractivity contribution in [3.05, 3.63) is 71.3 Å². The van der Waals surface area contributed by atoms with Crippen LogP contribution in [0, 0.1) is 0 Å². The molecule has 0 bridgehead atoms. The smallest absolute Gasteiger partial charge is 0.224 e. The Balaban J connectivity index is 2.00. The molecule has 0 radical (unpaired) electrons. The molecular formula is C21H22N2O. The Morgan fingerprint density at radius 1 is 1.12 bits per heavy atom. The van der Waals surface area contributed by atoms with Gasteiger partial charge in [0.2, 0.25) is 5.91 Å². The molecule has 0 atom stereocenters. The molecule has 0 saturated heterocycles. The molecule has 1 amide bonds. The van der Waals surface area contributed by atoms with E-state index in [-0.39, 0.29) is 5.91 Å². The summed E-state index contributed by atoms with van der Waals surface area (Å²) in [6.45, 7) is 2.80. The molecular weight excluding hydrogens is 296 g/mol. The van der Waals surface area contributed by atoms with Crippen molar-refractivity contribution in [2.45, 2.75) is 19.8 Å². The molecule has 3 nitrogen and oxygen atoms in total. The van der Waals surface area contributed by atoms with Crippen molar-refractivity contribution in [2.75, 3.05) is 11.9 Å². The van der Waals surface area contributed by atoms with Crippen LogP contribution in [0.15, 0.2) is 54.6 Å². The van der Waals surface area contributed by atoms with E-state index in [0.29, 0.717) is 6.42 Å². The fraction of sp³-hybridized carbons (Fsp3) is 0.190. The summed E-state index contributed by atoms with van der Waals surface area (Å²) in [6, 6.07) is 16.2. The summed E-state index contributed by atoms with van der Waals surface area (Å²) in [5, 5.41) is 6.44. The third-order valence-electron chi connectivity index (χ3n) is 4.02. The van der Waals surface area contributed by atoms with Gasteiger partial charge in [-0.25, -0.2) is 0 Å². The maximum absolute atomic E-state index is 11.9. The zero-order valence-electron chi connectivity index (χ0n) is 13.9. The maximum Gasteiger partial charge on any atom is 0.224 e. The van der Waals surface area contributed by atoms with Gasteiger partial charge in [-0.1, -0.05) is 67.6 Å². The molecule has 0 aromatic heterocycles. The van der Waals surface area contributed by atoms with Crippen LogP contribution in [0.2, 0.25) is 0 Å². The second-order valence-electron chi connectivity index (χ2n) is 5.75. The molecule has 0 aliphatic carbocycles. The summed E-state index contributed by atoms with van der Waals surface area (Å²) in [6.07, 6.45) is 7.87. The molecule has 24 heavy (non-hydrogen) atoms. The van der Waals surface area contributed by atoms with E-state index in [9.17, 15) is 4.79 Å². The number of nitrogens with one attached hydrogen (secondary N) is 2. The first-order chi connectivity index (χ1) is 11.8. The van der Waals surface area contributed by atoms with E-state index in [1.54, 1.807) is 0 Å². The fourth-order valence-corrected chi connectivity index (χ4v) is 2.79. The Kier molecular flexibility index (Phi) is 5.12. The molecule has 3 heteroatoms. The Morgan fingerprint density at radius 2 is 1.96 bits per heavy atom. The molecule has 2 N–H and O–H groups in total. The first-order valence-electron chi connectivity index (χ1n) is 8.38. The Labute approximate surface area is 143 Å². The zero-order chi connectivity index (χ0) is 16.8. The number of rotatable bonds is 5. The van der Waals surface area contributed by atoms with E-state index in [4.69, 9.17) is 0 Å². The second kappa shape index (κ2) is 7.64. The highest BCUT2D eigenvalue weighted by Crippen LogP contribution is 2.30. The lowest BCUT2D eigenvalue weighted by molar-refractivity contribution is -0.115. The van der Waals surface area contributed by atoms with Gasteiger partial charge in [-0.15, -0.1) is 0 Å². The van der Waals surface area contributed by atoms with Gasteiger partial charge < -0.3 is 10.6 Å². The standard InChI is InChI=1S/C21H22N2O/c1-2-20(24)23-19-11-6-10-17(21(19)18-12-7-15-22-18)14-13-16-8-4-3-5-9-16/h3-6,8-14,22H,2,7,15H2,1H3,(H,23,24)/b14-13+. The quantitative estimate of drug-likeness (QED) is 0.795. The molecule has 1 aliphatic rings. The largest absolute Gasteiger partial charge is 0.384 e. The van der Waals surface area contributed by atoms with E-state index < -0.39 is 0 Å². The Bertz CT molecular complexity index is 776. The first kappa shape index (κ1) is 16.1. The summed E-state index contributed by atoms with van der Waals surface area (Å²) >= 11 is 0. The molecule has 0 fully saturated rings. The van der Waals surface area contributed by atoms with Crippen LogP contribution in [0.4, 0.5) is 5.69 Å². The SMILES string of the molecule is CCC(=O)Nc1cccc(/C=C/c2ccccc2)c1C1=CCCN1. The van der Waals surface area contributed by atoms with Gasteiger partial charge in [-0.3, -0.25) is 4.79 Å². The van der Waals surface area contributed by atoms with E-state index in [0.717, 1.165) is 41.0 Å². The van der Waals surface area contributed by atoms with Gasteiger partial charge in [0.15, 0.2) is 0 Å². The predicted molar refractivity (Wildman–Crippen MR) is 101 cm³/mol. The van der Waals surface area contributed by atoms with Gasteiger partial charge in [0, 0.05) is 24.2 Å². The minimum atomic E-state index is 0.0269. The molecule has 0 spiro atoms. The van der Waals surface area contributed by atoms with Crippen LogP contribution in [-0.2, 0) is 4.79 Å². The molecule has 2 aromatic carbocycles. The van der Waals surface area contributed by atoms with Crippen molar-refractivity contribution in [3.8, 4) is 0 Å². The van der Waals surface area contributed by atoms with E-state index in [2.05, 4.69) is 47.1 Å². The summed E-state index contributed by atoms with van der Waals surface area (Å²) in [5.74, 6) is 0.0269.